The molecule has 1 N–H and O–H groups in total. The summed E-state index contributed by atoms with van der Waals surface area (Å²) in [6.45, 7) is 8.60. The van der Waals surface area contributed by atoms with E-state index in [9.17, 15) is 0 Å². The van der Waals surface area contributed by atoms with Crippen molar-refractivity contribution in [3.8, 4) is 0 Å². The van der Waals surface area contributed by atoms with Crippen LogP contribution in [0.4, 0.5) is 0 Å². The van der Waals surface area contributed by atoms with E-state index in [1.807, 2.05) is 0 Å². The summed E-state index contributed by atoms with van der Waals surface area (Å²) < 4.78 is 0. The zero-order chi connectivity index (χ0) is 15.4. The maximum Gasteiger partial charge on any atom is 0.0240 e. The van der Waals surface area contributed by atoms with E-state index in [0.29, 0.717) is 6.04 Å². The van der Waals surface area contributed by atoms with Gasteiger partial charge in [0.05, 0.1) is 0 Å². The minimum atomic E-state index is 0. The van der Waals surface area contributed by atoms with Crippen molar-refractivity contribution in [3.05, 3.63) is 70.8 Å². The first-order valence-electron chi connectivity index (χ1n) is 8.26. The zero-order valence-corrected chi connectivity index (χ0v) is 14.9. The molecule has 0 radical (unpaired) electrons. The summed E-state index contributed by atoms with van der Waals surface area (Å²) >= 11 is 0. The van der Waals surface area contributed by atoms with Crippen LogP contribution >= 0.6 is 12.4 Å². The molecule has 1 saturated heterocycles. The van der Waals surface area contributed by atoms with E-state index in [-0.39, 0.29) is 12.4 Å². The van der Waals surface area contributed by atoms with Gasteiger partial charge in [0.25, 0.3) is 0 Å². The fourth-order valence-electron chi connectivity index (χ4n) is 3.12. The predicted molar refractivity (Wildman–Crippen MR) is 100 cm³/mol. The highest BCUT2D eigenvalue weighted by molar-refractivity contribution is 5.85. The molecule has 124 valence electrons. The number of nitrogens with zero attached hydrogens (tertiary/aromatic N) is 1. The van der Waals surface area contributed by atoms with Crippen LogP contribution in [-0.2, 0) is 13.1 Å². The van der Waals surface area contributed by atoms with Crippen LogP contribution < -0.4 is 5.32 Å². The van der Waals surface area contributed by atoms with Gasteiger partial charge in [-0.1, -0.05) is 59.7 Å². The molecule has 2 aromatic carbocycles. The third kappa shape index (κ3) is 5.07. The molecule has 0 aromatic heterocycles. The van der Waals surface area contributed by atoms with Gasteiger partial charge >= 0.3 is 0 Å². The Labute approximate surface area is 146 Å². The number of nitrogens with one attached hydrogen (secondary N) is 1. The van der Waals surface area contributed by atoms with Crippen LogP contribution in [0.1, 0.15) is 28.7 Å². The smallest absolute Gasteiger partial charge is 0.0240 e. The van der Waals surface area contributed by atoms with Gasteiger partial charge in [-0.25, -0.2) is 0 Å². The second-order valence-corrected chi connectivity index (χ2v) is 6.52. The number of hydrogen-bond donors (Lipinski definition) is 1. The topological polar surface area (TPSA) is 15.3 Å². The highest BCUT2D eigenvalue weighted by atomic mass is 35.5. The molecule has 0 spiro atoms. The highest BCUT2D eigenvalue weighted by Gasteiger charge is 2.22. The van der Waals surface area contributed by atoms with Gasteiger partial charge < -0.3 is 5.32 Å². The maximum atomic E-state index is 3.50. The molecule has 1 aliphatic rings. The quantitative estimate of drug-likeness (QED) is 0.888. The van der Waals surface area contributed by atoms with Crippen molar-refractivity contribution in [1.29, 1.82) is 0 Å². The van der Waals surface area contributed by atoms with E-state index >= 15 is 0 Å². The number of halogens is 1. The van der Waals surface area contributed by atoms with Crippen molar-refractivity contribution < 1.29 is 0 Å². The van der Waals surface area contributed by atoms with E-state index in [0.717, 1.165) is 26.2 Å². The van der Waals surface area contributed by atoms with Crippen LogP contribution in [0.3, 0.4) is 0 Å². The Balaban J connectivity index is 0.00000192. The van der Waals surface area contributed by atoms with Gasteiger partial charge in [-0.2, -0.15) is 0 Å². The van der Waals surface area contributed by atoms with Crippen molar-refractivity contribution in [1.82, 2.24) is 10.2 Å². The van der Waals surface area contributed by atoms with Gasteiger partial charge in [-0.05, 0) is 37.9 Å². The SMILES string of the molecule is Cc1ccc(CN(Cc2ccc(C)cc2)C2CCNC2)cc1.Cl. The van der Waals surface area contributed by atoms with Crippen LogP contribution in [-0.4, -0.2) is 24.0 Å². The summed E-state index contributed by atoms with van der Waals surface area (Å²) in [5, 5.41) is 3.50. The summed E-state index contributed by atoms with van der Waals surface area (Å²) in [6, 6.07) is 18.6. The minimum Gasteiger partial charge on any atom is -0.315 e. The molecular formula is C20H27ClN2. The molecule has 0 amide bonds. The average Bonchev–Trinajstić information content (AvgIpc) is 3.05. The Bertz CT molecular complexity index is 539. The lowest BCUT2D eigenvalue weighted by Crippen LogP contribution is -2.35. The van der Waals surface area contributed by atoms with Crippen molar-refractivity contribution in [3.63, 3.8) is 0 Å². The van der Waals surface area contributed by atoms with Gasteiger partial charge in [-0.15, -0.1) is 12.4 Å². The maximum absolute atomic E-state index is 3.50. The third-order valence-electron chi connectivity index (χ3n) is 4.56. The van der Waals surface area contributed by atoms with E-state index in [1.165, 1.54) is 28.7 Å². The lowest BCUT2D eigenvalue weighted by atomic mass is 10.1. The fourth-order valence-corrected chi connectivity index (χ4v) is 3.12. The van der Waals surface area contributed by atoms with Gasteiger partial charge in [0, 0.05) is 25.7 Å². The normalized spacial score (nSPS) is 17.3. The molecule has 2 nitrogen and oxygen atoms in total. The highest BCUT2D eigenvalue weighted by Crippen LogP contribution is 2.18. The van der Waals surface area contributed by atoms with Crippen molar-refractivity contribution >= 4 is 12.4 Å². The van der Waals surface area contributed by atoms with Crippen molar-refractivity contribution in [2.24, 2.45) is 0 Å². The molecule has 1 aliphatic heterocycles. The summed E-state index contributed by atoms with van der Waals surface area (Å²) in [5.41, 5.74) is 5.47. The minimum absolute atomic E-state index is 0. The van der Waals surface area contributed by atoms with Crippen molar-refractivity contribution in [2.45, 2.75) is 39.4 Å². The van der Waals surface area contributed by atoms with Crippen LogP contribution in [0.15, 0.2) is 48.5 Å². The molecule has 0 saturated carbocycles. The van der Waals surface area contributed by atoms with Gasteiger partial charge in [-0.3, -0.25) is 4.90 Å². The summed E-state index contributed by atoms with van der Waals surface area (Å²) in [4.78, 5) is 2.62. The monoisotopic (exact) mass is 330 g/mol. The lowest BCUT2D eigenvalue weighted by molar-refractivity contribution is 0.190. The summed E-state index contributed by atoms with van der Waals surface area (Å²) in [7, 11) is 0. The first kappa shape index (κ1) is 18.0. The predicted octanol–water partition coefficient (Wildman–Crippen LogP) is 4.09. The van der Waals surface area contributed by atoms with Crippen molar-refractivity contribution in [2.75, 3.05) is 13.1 Å². The molecule has 23 heavy (non-hydrogen) atoms. The molecule has 1 atom stereocenters. The number of aryl methyl sites for hydroxylation is 2. The number of benzene rings is 2. The van der Waals surface area contributed by atoms with Crippen LogP contribution in [0.5, 0.6) is 0 Å². The first-order valence-corrected chi connectivity index (χ1v) is 8.26. The lowest BCUT2D eigenvalue weighted by Gasteiger charge is -2.28. The van der Waals surface area contributed by atoms with Gasteiger partial charge in [0.1, 0.15) is 0 Å². The summed E-state index contributed by atoms with van der Waals surface area (Å²) in [5.74, 6) is 0. The molecule has 1 heterocycles. The largest absolute Gasteiger partial charge is 0.315 e. The van der Waals surface area contributed by atoms with E-state index in [4.69, 9.17) is 0 Å². The average molecular weight is 331 g/mol. The number of hydrogen-bond acceptors (Lipinski definition) is 2. The summed E-state index contributed by atoms with van der Waals surface area (Å²) in [6.07, 6.45) is 1.25. The molecule has 3 rings (SSSR count). The first-order chi connectivity index (χ1) is 10.7. The van der Waals surface area contributed by atoms with Crippen LogP contribution in [0, 0.1) is 13.8 Å². The molecule has 2 aromatic rings. The van der Waals surface area contributed by atoms with Gasteiger partial charge in [0.15, 0.2) is 0 Å². The Kier molecular flexibility index (Phi) is 6.64. The van der Waals surface area contributed by atoms with Crippen LogP contribution in [0.25, 0.3) is 0 Å². The zero-order valence-electron chi connectivity index (χ0n) is 14.1. The molecular weight excluding hydrogens is 304 g/mol. The Hall–Kier alpha value is -1.35. The number of rotatable bonds is 5. The molecule has 3 heteroatoms. The van der Waals surface area contributed by atoms with E-state index < -0.39 is 0 Å². The molecule has 1 unspecified atom stereocenters. The van der Waals surface area contributed by atoms with E-state index in [1.54, 1.807) is 0 Å². The Morgan fingerprint density at radius 3 is 1.74 bits per heavy atom. The van der Waals surface area contributed by atoms with Gasteiger partial charge in [0.2, 0.25) is 0 Å². The fraction of sp³-hybridized carbons (Fsp3) is 0.400. The Morgan fingerprint density at radius 1 is 0.870 bits per heavy atom. The molecule has 1 fully saturated rings. The standard InChI is InChI=1S/C20H26N2.ClH/c1-16-3-7-18(8-4-16)14-22(20-11-12-21-13-20)15-19-9-5-17(2)6-10-19;/h3-10,20-21H,11-15H2,1-2H3;1H. The second kappa shape index (κ2) is 8.49. The Morgan fingerprint density at radius 2 is 1.35 bits per heavy atom. The van der Waals surface area contributed by atoms with Crippen LogP contribution in [0.2, 0.25) is 0 Å². The second-order valence-electron chi connectivity index (χ2n) is 6.52. The van der Waals surface area contributed by atoms with E-state index in [2.05, 4.69) is 72.6 Å². The third-order valence-corrected chi connectivity index (χ3v) is 4.56. The molecule has 0 aliphatic carbocycles. The molecule has 0 bridgehead atoms.